The number of pyridine rings is 2. The van der Waals surface area contributed by atoms with Crippen molar-refractivity contribution in [1.82, 2.24) is 9.97 Å². The Morgan fingerprint density at radius 3 is 2.41 bits per heavy atom. The van der Waals surface area contributed by atoms with E-state index in [9.17, 15) is 32.5 Å². The van der Waals surface area contributed by atoms with E-state index < -0.39 is 51.2 Å². The Morgan fingerprint density at radius 1 is 1.00 bits per heavy atom. The minimum Gasteiger partial charge on any atom is -0.465 e. The molecule has 0 fully saturated rings. The van der Waals surface area contributed by atoms with Gasteiger partial charge >= 0.3 is 11.7 Å². The summed E-state index contributed by atoms with van der Waals surface area (Å²) in [6.07, 6.45) is 2.11. The van der Waals surface area contributed by atoms with E-state index >= 15 is 0 Å². The molecule has 0 aliphatic rings. The molecule has 0 spiro atoms. The molecule has 0 saturated heterocycles. The minimum absolute atomic E-state index is 0.126. The number of nitrogens with one attached hydrogen (secondary N) is 1. The Hall–Kier alpha value is -4.61. The molecule has 12 heteroatoms. The van der Waals surface area contributed by atoms with Gasteiger partial charge in [0, 0.05) is 18.0 Å². The maximum atomic E-state index is 14.5. The highest BCUT2D eigenvalue weighted by Gasteiger charge is 2.29. The van der Waals surface area contributed by atoms with Crippen LogP contribution in [0.5, 0.6) is 0 Å². The molecule has 2 heterocycles. The highest BCUT2D eigenvalue weighted by molar-refractivity contribution is 6.01. The van der Waals surface area contributed by atoms with Gasteiger partial charge in [-0.15, -0.1) is 0 Å². The molecule has 0 saturated carbocycles. The van der Waals surface area contributed by atoms with Crippen molar-refractivity contribution in [2.75, 3.05) is 12.4 Å². The van der Waals surface area contributed by atoms with Gasteiger partial charge in [0.15, 0.2) is 5.82 Å². The molecule has 0 atom stereocenters. The number of halogens is 4. The predicted octanol–water partition coefficient (Wildman–Crippen LogP) is 5.29. The summed E-state index contributed by atoms with van der Waals surface area (Å²) in [5, 5.41) is 14.2. The van der Waals surface area contributed by atoms with Gasteiger partial charge in [-0.3, -0.25) is 15.1 Å². The molecule has 0 amide bonds. The minimum atomic E-state index is -1.43. The van der Waals surface area contributed by atoms with E-state index in [2.05, 4.69) is 20.0 Å². The third-order valence-corrected chi connectivity index (χ3v) is 4.92. The largest absolute Gasteiger partial charge is 0.465 e. The van der Waals surface area contributed by atoms with Crippen molar-refractivity contribution >= 4 is 33.9 Å². The standard InChI is InChI=1S/C22H12F4N4O4/c1-34-22(31)12-8-10(11-4-6-28-21(26)18(11)25)9-16(20(12)30(32)33)29-15-5-7-27-19-14(24)3-2-13(23)17(15)19/h2-9H,1H3,(H,27,29). The van der Waals surface area contributed by atoms with Crippen LogP contribution in [0.2, 0.25) is 0 Å². The lowest BCUT2D eigenvalue weighted by molar-refractivity contribution is -0.384. The molecule has 2 aromatic carbocycles. The number of rotatable bonds is 5. The maximum absolute atomic E-state index is 14.5. The number of nitro groups is 1. The van der Waals surface area contributed by atoms with Gasteiger partial charge in [-0.05, 0) is 42.0 Å². The summed E-state index contributed by atoms with van der Waals surface area (Å²) in [5.74, 6) is -5.64. The Balaban J connectivity index is 2.01. The van der Waals surface area contributed by atoms with E-state index in [1.54, 1.807) is 0 Å². The number of aromatic nitrogens is 2. The van der Waals surface area contributed by atoms with Crippen molar-refractivity contribution < 1.29 is 32.0 Å². The normalized spacial score (nSPS) is 10.9. The Bertz CT molecular complexity index is 1480. The van der Waals surface area contributed by atoms with E-state index in [-0.39, 0.29) is 27.7 Å². The number of benzene rings is 2. The number of anilines is 2. The molecule has 0 unspecified atom stereocenters. The summed E-state index contributed by atoms with van der Waals surface area (Å²) in [6, 6.07) is 6.06. The molecule has 172 valence electrons. The average Bonchev–Trinajstić information content (AvgIpc) is 2.82. The summed E-state index contributed by atoms with van der Waals surface area (Å²) < 4.78 is 61.5. The Morgan fingerprint density at radius 2 is 1.71 bits per heavy atom. The van der Waals surface area contributed by atoms with Gasteiger partial charge in [0.05, 0.1) is 23.1 Å². The number of methoxy groups -OCH3 is 1. The van der Waals surface area contributed by atoms with Gasteiger partial charge < -0.3 is 10.1 Å². The number of nitro benzene ring substituents is 1. The van der Waals surface area contributed by atoms with Crippen molar-refractivity contribution in [3.05, 3.63) is 87.9 Å². The number of carbonyl (C=O) groups excluding carboxylic acids is 1. The summed E-state index contributed by atoms with van der Waals surface area (Å²) in [7, 11) is 0.979. The highest BCUT2D eigenvalue weighted by atomic mass is 19.2. The van der Waals surface area contributed by atoms with Gasteiger partial charge in [0.2, 0.25) is 5.95 Å². The fourth-order valence-electron chi connectivity index (χ4n) is 3.43. The quantitative estimate of drug-likeness (QED) is 0.138. The lowest BCUT2D eigenvalue weighted by atomic mass is 10.00. The van der Waals surface area contributed by atoms with Crippen LogP contribution in [0.1, 0.15) is 10.4 Å². The Kier molecular flexibility index (Phi) is 5.80. The van der Waals surface area contributed by atoms with E-state index in [1.165, 1.54) is 6.07 Å². The second kappa shape index (κ2) is 8.73. The van der Waals surface area contributed by atoms with Crippen LogP contribution in [0.25, 0.3) is 22.0 Å². The van der Waals surface area contributed by atoms with Crippen LogP contribution >= 0.6 is 0 Å². The number of nitrogens with zero attached hydrogens (tertiary/aromatic N) is 3. The van der Waals surface area contributed by atoms with Gasteiger partial charge in [0.25, 0.3) is 0 Å². The van der Waals surface area contributed by atoms with Crippen molar-refractivity contribution in [1.29, 1.82) is 0 Å². The first-order valence-electron chi connectivity index (χ1n) is 9.43. The molecular formula is C22H12F4N4O4. The Labute approximate surface area is 188 Å². The third kappa shape index (κ3) is 3.85. The highest BCUT2D eigenvalue weighted by Crippen LogP contribution is 2.39. The van der Waals surface area contributed by atoms with Gasteiger partial charge in [0.1, 0.15) is 28.4 Å². The van der Waals surface area contributed by atoms with Crippen molar-refractivity contribution in [2.45, 2.75) is 0 Å². The van der Waals surface area contributed by atoms with Crippen LogP contribution in [0, 0.1) is 33.5 Å². The summed E-state index contributed by atoms with van der Waals surface area (Å²) in [5.41, 5.74) is -2.74. The van der Waals surface area contributed by atoms with E-state index in [0.29, 0.717) is 0 Å². The lowest BCUT2D eigenvalue weighted by Gasteiger charge is -2.14. The molecule has 0 aliphatic heterocycles. The van der Waals surface area contributed by atoms with Crippen molar-refractivity contribution in [3.63, 3.8) is 0 Å². The smallest absolute Gasteiger partial charge is 0.345 e. The number of carbonyl (C=O) groups is 1. The summed E-state index contributed by atoms with van der Waals surface area (Å²) in [6.45, 7) is 0. The molecule has 34 heavy (non-hydrogen) atoms. The van der Waals surface area contributed by atoms with Gasteiger partial charge in [-0.2, -0.15) is 4.39 Å². The van der Waals surface area contributed by atoms with E-state index in [0.717, 1.165) is 49.8 Å². The molecule has 4 rings (SSSR count). The fourth-order valence-corrected chi connectivity index (χ4v) is 3.43. The van der Waals surface area contributed by atoms with Crippen LogP contribution in [0.15, 0.2) is 48.8 Å². The van der Waals surface area contributed by atoms with Crippen molar-refractivity contribution in [2.24, 2.45) is 0 Å². The number of ether oxygens (including phenoxy) is 1. The first kappa shape index (κ1) is 22.6. The van der Waals surface area contributed by atoms with E-state index in [4.69, 9.17) is 0 Å². The zero-order valence-corrected chi connectivity index (χ0v) is 17.1. The first-order chi connectivity index (χ1) is 16.2. The molecule has 0 bridgehead atoms. The fraction of sp³-hybridized carbons (Fsp3) is 0.0455. The summed E-state index contributed by atoms with van der Waals surface area (Å²) >= 11 is 0. The molecule has 1 N–H and O–H groups in total. The van der Waals surface area contributed by atoms with Gasteiger partial charge in [-0.1, -0.05) is 0 Å². The van der Waals surface area contributed by atoms with Gasteiger partial charge in [-0.25, -0.2) is 22.9 Å². The monoisotopic (exact) mass is 472 g/mol. The topological polar surface area (TPSA) is 107 Å². The zero-order chi connectivity index (χ0) is 24.6. The number of hydrogen-bond donors (Lipinski definition) is 1. The van der Waals surface area contributed by atoms with Crippen LogP contribution in [0.4, 0.5) is 34.6 Å². The average molecular weight is 472 g/mol. The van der Waals surface area contributed by atoms with Crippen LogP contribution in [-0.2, 0) is 4.74 Å². The molecule has 0 aliphatic carbocycles. The number of hydrogen-bond acceptors (Lipinski definition) is 7. The second-order valence-electron chi connectivity index (χ2n) is 6.87. The van der Waals surface area contributed by atoms with E-state index in [1.807, 2.05) is 0 Å². The predicted molar refractivity (Wildman–Crippen MR) is 113 cm³/mol. The van der Waals surface area contributed by atoms with Crippen LogP contribution in [-0.4, -0.2) is 28.0 Å². The SMILES string of the molecule is COC(=O)c1cc(-c2ccnc(F)c2F)cc(Nc2ccnc3c(F)ccc(F)c23)c1[N+](=O)[O-]. The zero-order valence-electron chi connectivity index (χ0n) is 17.1. The molecule has 2 aromatic heterocycles. The molecule has 8 nitrogen and oxygen atoms in total. The molecule has 0 radical (unpaired) electrons. The summed E-state index contributed by atoms with van der Waals surface area (Å²) in [4.78, 5) is 30.3. The van der Waals surface area contributed by atoms with Crippen LogP contribution < -0.4 is 5.32 Å². The van der Waals surface area contributed by atoms with Crippen molar-refractivity contribution in [3.8, 4) is 11.1 Å². The second-order valence-corrected chi connectivity index (χ2v) is 6.87. The molecule has 4 aromatic rings. The van der Waals surface area contributed by atoms with Crippen LogP contribution in [0.3, 0.4) is 0 Å². The first-order valence-corrected chi connectivity index (χ1v) is 9.43. The number of fused-ring (bicyclic) bond motifs is 1. The molecular weight excluding hydrogens is 460 g/mol. The lowest BCUT2D eigenvalue weighted by Crippen LogP contribution is -2.09. The third-order valence-electron chi connectivity index (χ3n) is 4.92. The maximum Gasteiger partial charge on any atom is 0.345 e. The number of esters is 1.